The molecule has 0 bridgehead atoms. The molecule has 0 aliphatic carbocycles. The maximum atomic E-state index is 12.9. The summed E-state index contributed by atoms with van der Waals surface area (Å²) in [5, 5.41) is 3.62. The summed E-state index contributed by atoms with van der Waals surface area (Å²) in [5.41, 5.74) is 3.88. The quantitative estimate of drug-likeness (QED) is 0.449. The molecule has 33 heavy (non-hydrogen) atoms. The van der Waals surface area contributed by atoms with Crippen molar-refractivity contribution in [3.63, 3.8) is 0 Å². The average molecular weight is 479 g/mol. The smallest absolute Gasteiger partial charge is 0.253 e. The minimum atomic E-state index is -0.223. The molecule has 0 unspecified atom stereocenters. The van der Waals surface area contributed by atoms with Gasteiger partial charge in [0.25, 0.3) is 5.91 Å². The van der Waals surface area contributed by atoms with Crippen LogP contribution in [0.3, 0.4) is 0 Å². The third-order valence-electron chi connectivity index (χ3n) is 5.85. The normalized spacial score (nSPS) is 15.8. The number of aryl methyl sites for hydroxylation is 2. The van der Waals surface area contributed by atoms with Gasteiger partial charge in [-0.3, -0.25) is 9.59 Å². The van der Waals surface area contributed by atoms with Crippen molar-refractivity contribution in [2.24, 2.45) is 5.92 Å². The predicted octanol–water partition coefficient (Wildman–Crippen LogP) is 6.60. The fourth-order valence-electron chi connectivity index (χ4n) is 4.04. The number of nitrogens with zero attached hydrogens (tertiary/aromatic N) is 1. The molecule has 1 aliphatic heterocycles. The first kappa shape index (κ1) is 23.4. The van der Waals surface area contributed by atoms with Gasteiger partial charge in [0, 0.05) is 39.2 Å². The van der Waals surface area contributed by atoms with Crippen LogP contribution in [-0.2, 0) is 4.79 Å². The molecule has 0 saturated carbocycles. The van der Waals surface area contributed by atoms with E-state index in [0.29, 0.717) is 23.7 Å². The number of piperidine rings is 1. The van der Waals surface area contributed by atoms with E-state index >= 15 is 0 Å². The topological polar surface area (TPSA) is 49.4 Å². The molecule has 0 radical (unpaired) electrons. The first-order chi connectivity index (χ1) is 15.9. The Hall–Kier alpha value is -2.76. The Kier molecular flexibility index (Phi) is 7.41. The summed E-state index contributed by atoms with van der Waals surface area (Å²) in [5.74, 6) is -0.324. The second-order valence-corrected chi connectivity index (χ2v) is 10.0. The number of anilines is 1. The predicted molar refractivity (Wildman–Crippen MR) is 135 cm³/mol. The van der Waals surface area contributed by atoms with Gasteiger partial charge in [-0.1, -0.05) is 41.1 Å². The highest BCUT2D eigenvalue weighted by Gasteiger charge is 2.29. The van der Waals surface area contributed by atoms with Crippen LogP contribution >= 0.6 is 23.4 Å². The molecule has 2 amide bonds. The van der Waals surface area contributed by atoms with Crippen LogP contribution < -0.4 is 5.32 Å². The van der Waals surface area contributed by atoms with Crippen molar-refractivity contribution >= 4 is 40.9 Å². The van der Waals surface area contributed by atoms with E-state index in [1.807, 2.05) is 24.3 Å². The summed E-state index contributed by atoms with van der Waals surface area (Å²) in [6, 6.07) is 21.2. The number of hydrogen-bond acceptors (Lipinski definition) is 3. The van der Waals surface area contributed by atoms with Gasteiger partial charge < -0.3 is 10.2 Å². The number of hydrogen-bond donors (Lipinski definition) is 1. The van der Waals surface area contributed by atoms with Crippen molar-refractivity contribution < 1.29 is 9.59 Å². The number of rotatable bonds is 5. The van der Waals surface area contributed by atoms with Gasteiger partial charge in [-0.15, -0.1) is 0 Å². The van der Waals surface area contributed by atoms with Crippen molar-refractivity contribution in [3.05, 3.63) is 88.4 Å². The van der Waals surface area contributed by atoms with Gasteiger partial charge in [0.15, 0.2) is 0 Å². The third kappa shape index (κ3) is 5.98. The van der Waals surface area contributed by atoms with Crippen molar-refractivity contribution in [3.8, 4) is 0 Å². The molecule has 4 rings (SSSR count). The summed E-state index contributed by atoms with van der Waals surface area (Å²) in [7, 11) is 0. The molecule has 1 saturated heterocycles. The van der Waals surface area contributed by atoms with Gasteiger partial charge in [-0.25, -0.2) is 0 Å². The molecule has 1 heterocycles. The molecule has 1 N–H and O–H groups in total. The Morgan fingerprint density at radius 1 is 1.00 bits per heavy atom. The zero-order valence-electron chi connectivity index (χ0n) is 18.8. The molecule has 1 fully saturated rings. The highest BCUT2D eigenvalue weighted by molar-refractivity contribution is 7.99. The van der Waals surface area contributed by atoms with Crippen molar-refractivity contribution in [2.75, 3.05) is 18.4 Å². The van der Waals surface area contributed by atoms with E-state index in [0.717, 1.165) is 23.4 Å². The van der Waals surface area contributed by atoms with Crippen LogP contribution in [0.15, 0.2) is 76.5 Å². The van der Waals surface area contributed by atoms with Crippen LogP contribution in [0.2, 0.25) is 5.02 Å². The number of amides is 2. The van der Waals surface area contributed by atoms with E-state index in [9.17, 15) is 9.59 Å². The highest BCUT2D eigenvalue weighted by Crippen LogP contribution is 2.31. The molecule has 4 nitrogen and oxygen atoms in total. The van der Waals surface area contributed by atoms with E-state index < -0.39 is 0 Å². The van der Waals surface area contributed by atoms with Gasteiger partial charge in [0.2, 0.25) is 5.91 Å². The van der Waals surface area contributed by atoms with Crippen LogP contribution in [0.5, 0.6) is 0 Å². The van der Waals surface area contributed by atoms with Crippen molar-refractivity contribution in [1.29, 1.82) is 0 Å². The Bertz CT molecular complexity index is 1150. The second-order valence-electron chi connectivity index (χ2n) is 8.48. The summed E-state index contributed by atoms with van der Waals surface area (Å²) >= 11 is 7.64. The lowest BCUT2D eigenvalue weighted by Crippen LogP contribution is -2.43. The van der Waals surface area contributed by atoms with Crippen molar-refractivity contribution in [1.82, 2.24) is 4.90 Å². The first-order valence-corrected chi connectivity index (χ1v) is 12.3. The van der Waals surface area contributed by atoms with Crippen LogP contribution in [0, 0.1) is 19.8 Å². The maximum Gasteiger partial charge on any atom is 0.253 e. The molecule has 0 spiro atoms. The van der Waals surface area contributed by atoms with E-state index in [-0.39, 0.29) is 17.7 Å². The SMILES string of the molecule is Cc1ccc(Sc2ccc(NC(=O)[C@H]3CCCN(C(=O)c4ccc(Cl)cc4)C3)cc2)c(C)c1. The van der Waals surface area contributed by atoms with E-state index in [1.165, 1.54) is 16.0 Å². The summed E-state index contributed by atoms with van der Waals surface area (Å²) in [4.78, 5) is 29.8. The minimum absolute atomic E-state index is 0.0432. The molecule has 0 aromatic heterocycles. The van der Waals surface area contributed by atoms with Crippen LogP contribution in [-0.4, -0.2) is 29.8 Å². The fraction of sp³-hybridized carbons (Fsp3) is 0.259. The Morgan fingerprint density at radius 2 is 1.73 bits per heavy atom. The molecule has 1 atom stereocenters. The minimum Gasteiger partial charge on any atom is -0.338 e. The standard InChI is InChI=1S/C27H27ClN2O2S/c1-18-5-14-25(19(2)16-18)33-24-12-10-23(11-13-24)29-26(31)21-4-3-15-30(17-21)27(32)20-6-8-22(28)9-7-20/h5-14,16,21H,3-4,15,17H2,1-2H3,(H,29,31)/t21-/m0/s1. The zero-order valence-corrected chi connectivity index (χ0v) is 20.4. The molecule has 170 valence electrons. The number of benzene rings is 3. The zero-order chi connectivity index (χ0) is 23.4. The van der Waals surface area contributed by atoms with Crippen LogP contribution in [0.1, 0.15) is 34.3 Å². The molecule has 1 aliphatic rings. The molecular formula is C27H27ClN2O2S. The molecule has 6 heteroatoms. The van der Waals surface area contributed by atoms with Gasteiger partial charge in [-0.05, 0) is 86.8 Å². The highest BCUT2D eigenvalue weighted by atomic mass is 35.5. The lowest BCUT2D eigenvalue weighted by Gasteiger charge is -2.32. The summed E-state index contributed by atoms with van der Waals surface area (Å²) in [6.07, 6.45) is 1.58. The number of carbonyl (C=O) groups is 2. The van der Waals surface area contributed by atoms with E-state index in [4.69, 9.17) is 11.6 Å². The Morgan fingerprint density at radius 3 is 2.42 bits per heavy atom. The maximum absolute atomic E-state index is 12.9. The average Bonchev–Trinajstić information content (AvgIpc) is 2.82. The third-order valence-corrected chi connectivity index (χ3v) is 7.29. The number of carbonyl (C=O) groups excluding carboxylic acids is 2. The Balaban J connectivity index is 1.35. The lowest BCUT2D eigenvalue weighted by atomic mass is 9.96. The monoisotopic (exact) mass is 478 g/mol. The van der Waals surface area contributed by atoms with E-state index in [1.54, 1.807) is 40.9 Å². The number of nitrogens with one attached hydrogen (secondary N) is 1. The number of halogens is 1. The molecule has 3 aromatic rings. The number of likely N-dealkylation sites (tertiary alicyclic amines) is 1. The Labute approximate surface area is 204 Å². The van der Waals surface area contributed by atoms with Gasteiger partial charge in [0.1, 0.15) is 0 Å². The van der Waals surface area contributed by atoms with Gasteiger partial charge >= 0.3 is 0 Å². The molecule has 3 aromatic carbocycles. The molecular weight excluding hydrogens is 452 g/mol. The summed E-state index contributed by atoms with van der Waals surface area (Å²) < 4.78 is 0. The fourth-order valence-corrected chi connectivity index (χ4v) is 5.05. The van der Waals surface area contributed by atoms with Gasteiger partial charge in [0.05, 0.1) is 5.92 Å². The lowest BCUT2D eigenvalue weighted by molar-refractivity contribution is -0.121. The second kappa shape index (κ2) is 10.4. The van der Waals surface area contributed by atoms with E-state index in [2.05, 4.69) is 37.4 Å². The van der Waals surface area contributed by atoms with Crippen LogP contribution in [0.4, 0.5) is 5.69 Å². The van der Waals surface area contributed by atoms with Crippen molar-refractivity contribution in [2.45, 2.75) is 36.5 Å². The van der Waals surface area contributed by atoms with Gasteiger partial charge in [-0.2, -0.15) is 0 Å². The summed E-state index contributed by atoms with van der Waals surface area (Å²) in [6.45, 7) is 5.30. The largest absolute Gasteiger partial charge is 0.338 e. The van der Waals surface area contributed by atoms with Crippen LogP contribution in [0.25, 0.3) is 0 Å². The first-order valence-electron chi connectivity index (χ1n) is 11.1.